The zero-order chi connectivity index (χ0) is 30.7. The quantitative estimate of drug-likeness (QED) is 0.184. The lowest BCUT2D eigenvalue weighted by atomic mass is 9.97. The maximum Gasteiger partial charge on any atom is 0.136 e. The van der Waals surface area contributed by atoms with Gasteiger partial charge in [-0.25, -0.2) is 0 Å². The highest BCUT2D eigenvalue weighted by atomic mass is 16.3. The summed E-state index contributed by atoms with van der Waals surface area (Å²) in [6.45, 7) is 0. The number of benzene rings is 7. The molecule has 0 aliphatic rings. The summed E-state index contributed by atoms with van der Waals surface area (Å²) in [5.74, 6) is 0.876. The smallest absolute Gasteiger partial charge is 0.136 e. The van der Waals surface area contributed by atoms with Crippen molar-refractivity contribution in [2.75, 3.05) is 4.90 Å². The standard InChI is InChI=1S/C44H31NO/c1-3-11-32(12-4-1)33-19-21-34(22-20-33)35-23-27-39(28-24-35)45(38-14-5-2-6-15-38)40-29-25-36(26-30-40)41-16-8-9-17-42(41)44-31-37-13-7-10-18-43(37)46-44/h1-31H. The summed E-state index contributed by atoms with van der Waals surface area (Å²) in [7, 11) is 0. The summed E-state index contributed by atoms with van der Waals surface area (Å²) in [6, 6.07) is 66.2. The lowest BCUT2D eigenvalue weighted by Crippen LogP contribution is -2.09. The van der Waals surface area contributed by atoms with Crippen molar-refractivity contribution in [3.05, 3.63) is 188 Å². The van der Waals surface area contributed by atoms with E-state index in [1.54, 1.807) is 0 Å². The molecular weight excluding hydrogens is 558 g/mol. The van der Waals surface area contributed by atoms with Crippen molar-refractivity contribution in [2.45, 2.75) is 0 Å². The second-order valence-corrected chi connectivity index (χ2v) is 11.4. The van der Waals surface area contributed by atoms with Crippen LogP contribution in [0.25, 0.3) is 55.7 Å². The molecule has 2 nitrogen and oxygen atoms in total. The maximum atomic E-state index is 6.25. The Bertz CT molecular complexity index is 2180. The third-order valence-corrected chi connectivity index (χ3v) is 8.52. The van der Waals surface area contributed by atoms with Crippen LogP contribution in [0.5, 0.6) is 0 Å². The van der Waals surface area contributed by atoms with E-state index < -0.39 is 0 Å². The molecule has 8 rings (SSSR count). The number of para-hydroxylation sites is 2. The highest BCUT2D eigenvalue weighted by molar-refractivity contribution is 5.89. The molecule has 0 saturated heterocycles. The topological polar surface area (TPSA) is 16.4 Å². The van der Waals surface area contributed by atoms with Gasteiger partial charge in [0.15, 0.2) is 0 Å². The third-order valence-electron chi connectivity index (χ3n) is 8.52. The summed E-state index contributed by atoms with van der Waals surface area (Å²) in [5.41, 5.74) is 12.4. The predicted octanol–water partition coefficient (Wildman–Crippen LogP) is 12.6. The van der Waals surface area contributed by atoms with Crippen LogP contribution >= 0.6 is 0 Å². The van der Waals surface area contributed by atoms with Crippen LogP contribution in [0.2, 0.25) is 0 Å². The summed E-state index contributed by atoms with van der Waals surface area (Å²) in [4.78, 5) is 2.30. The number of hydrogen-bond donors (Lipinski definition) is 0. The molecule has 0 radical (unpaired) electrons. The van der Waals surface area contributed by atoms with Crippen LogP contribution in [0.4, 0.5) is 17.1 Å². The highest BCUT2D eigenvalue weighted by Crippen LogP contribution is 2.39. The Balaban J connectivity index is 1.11. The fourth-order valence-electron chi connectivity index (χ4n) is 6.17. The molecule has 46 heavy (non-hydrogen) atoms. The molecule has 0 atom stereocenters. The van der Waals surface area contributed by atoms with Crippen LogP contribution in [0.15, 0.2) is 192 Å². The van der Waals surface area contributed by atoms with E-state index in [-0.39, 0.29) is 0 Å². The Morgan fingerprint density at radius 3 is 1.37 bits per heavy atom. The van der Waals surface area contributed by atoms with E-state index in [0.717, 1.165) is 50.5 Å². The molecule has 0 amide bonds. The largest absolute Gasteiger partial charge is 0.456 e. The van der Waals surface area contributed by atoms with E-state index in [1.807, 2.05) is 18.2 Å². The van der Waals surface area contributed by atoms with Crippen molar-refractivity contribution < 1.29 is 4.42 Å². The van der Waals surface area contributed by atoms with Crippen LogP contribution < -0.4 is 4.90 Å². The first-order valence-corrected chi connectivity index (χ1v) is 15.6. The van der Waals surface area contributed by atoms with Crippen molar-refractivity contribution in [3.63, 3.8) is 0 Å². The second-order valence-electron chi connectivity index (χ2n) is 11.4. The molecular formula is C44H31NO. The van der Waals surface area contributed by atoms with E-state index in [9.17, 15) is 0 Å². The van der Waals surface area contributed by atoms with Gasteiger partial charge in [0, 0.05) is 28.0 Å². The predicted molar refractivity (Wildman–Crippen MR) is 193 cm³/mol. The molecule has 0 unspecified atom stereocenters. The molecule has 0 aliphatic heterocycles. The molecule has 1 aromatic heterocycles. The van der Waals surface area contributed by atoms with Crippen LogP contribution in [0.1, 0.15) is 0 Å². The molecule has 8 aromatic rings. The Kier molecular flexibility index (Phi) is 7.22. The van der Waals surface area contributed by atoms with Gasteiger partial charge < -0.3 is 9.32 Å². The zero-order valence-electron chi connectivity index (χ0n) is 25.3. The minimum absolute atomic E-state index is 0.876. The Morgan fingerprint density at radius 1 is 0.326 bits per heavy atom. The average molecular weight is 590 g/mol. The van der Waals surface area contributed by atoms with Gasteiger partial charge in [-0.2, -0.15) is 0 Å². The van der Waals surface area contributed by atoms with Gasteiger partial charge in [-0.3, -0.25) is 0 Å². The van der Waals surface area contributed by atoms with Crippen LogP contribution in [-0.2, 0) is 0 Å². The van der Waals surface area contributed by atoms with Gasteiger partial charge in [-0.05, 0) is 81.9 Å². The highest BCUT2D eigenvalue weighted by Gasteiger charge is 2.15. The normalized spacial score (nSPS) is 11.0. The van der Waals surface area contributed by atoms with Crippen molar-refractivity contribution in [1.29, 1.82) is 0 Å². The van der Waals surface area contributed by atoms with Gasteiger partial charge in [0.2, 0.25) is 0 Å². The number of furan rings is 1. The minimum Gasteiger partial charge on any atom is -0.456 e. The molecule has 0 bridgehead atoms. The maximum absolute atomic E-state index is 6.25. The average Bonchev–Trinajstić information content (AvgIpc) is 3.58. The Labute approximate surface area is 269 Å². The van der Waals surface area contributed by atoms with E-state index in [4.69, 9.17) is 4.42 Å². The van der Waals surface area contributed by atoms with Crippen molar-refractivity contribution in [3.8, 4) is 44.7 Å². The van der Waals surface area contributed by atoms with Crippen LogP contribution in [-0.4, -0.2) is 0 Å². The fraction of sp³-hybridized carbons (Fsp3) is 0. The van der Waals surface area contributed by atoms with Crippen LogP contribution in [0, 0.1) is 0 Å². The number of hydrogen-bond acceptors (Lipinski definition) is 2. The molecule has 218 valence electrons. The molecule has 0 spiro atoms. The lowest BCUT2D eigenvalue weighted by Gasteiger charge is -2.26. The number of fused-ring (bicyclic) bond motifs is 1. The number of anilines is 3. The van der Waals surface area contributed by atoms with Gasteiger partial charge in [0.25, 0.3) is 0 Å². The SMILES string of the molecule is c1ccc(-c2ccc(-c3ccc(N(c4ccccc4)c4ccc(-c5ccccc5-c5cc6ccccc6o5)cc4)cc3)cc2)cc1. The molecule has 1 heterocycles. The summed E-state index contributed by atoms with van der Waals surface area (Å²) in [5, 5.41) is 1.11. The molecule has 0 saturated carbocycles. The van der Waals surface area contributed by atoms with E-state index in [0.29, 0.717) is 0 Å². The van der Waals surface area contributed by atoms with Crippen molar-refractivity contribution in [1.82, 2.24) is 0 Å². The van der Waals surface area contributed by atoms with E-state index >= 15 is 0 Å². The molecule has 0 fully saturated rings. The van der Waals surface area contributed by atoms with Crippen molar-refractivity contribution >= 4 is 28.0 Å². The lowest BCUT2D eigenvalue weighted by molar-refractivity contribution is 0.632. The number of rotatable bonds is 7. The van der Waals surface area contributed by atoms with Gasteiger partial charge >= 0.3 is 0 Å². The minimum atomic E-state index is 0.876. The fourth-order valence-corrected chi connectivity index (χ4v) is 6.17. The summed E-state index contributed by atoms with van der Waals surface area (Å²) in [6.07, 6.45) is 0. The number of nitrogens with zero attached hydrogens (tertiary/aromatic N) is 1. The van der Waals surface area contributed by atoms with Crippen LogP contribution in [0.3, 0.4) is 0 Å². The first kappa shape index (κ1) is 27.4. The molecule has 0 aliphatic carbocycles. The van der Waals surface area contributed by atoms with Gasteiger partial charge in [-0.1, -0.05) is 140 Å². The molecule has 0 N–H and O–H groups in total. The van der Waals surface area contributed by atoms with Gasteiger partial charge in [0.1, 0.15) is 11.3 Å². The van der Waals surface area contributed by atoms with E-state index in [1.165, 1.54) is 22.3 Å². The summed E-state index contributed by atoms with van der Waals surface area (Å²) < 4.78 is 6.25. The molecule has 2 heteroatoms. The van der Waals surface area contributed by atoms with Crippen molar-refractivity contribution in [2.24, 2.45) is 0 Å². The molecule has 7 aromatic carbocycles. The second kappa shape index (κ2) is 12.1. The zero-order valence-corrected chi connectivity index (χ0v) is 25.3. The Morgan fingerprint density at radius 2 is 0.761 bits per heavy atom. The monoisotopic (exact) mass is 589 g/mol. The first-order chi connectivity index (χ1) is 22.8. The first-order valence-electron chi connectivity index (χ1n) is 15.6. The van der Waals surface area contributed by atoms with Gasteiger partial charge in [0.05, 0.1) is 0 Å². The Hall–Kier alpha value is -6.12. The van der Waals surface area contributed by atoms with E-state index in [2.05, 4.69) is 175 Å². The summed E-state index contributed by atoms with van der Waals surface area (Å²) >= 11 is 0. The van der Waals surface area contributed by atoms with Gasteiger partial charge in [-0.15, -0.1) is 0 Å². The third kappa shape index (κ3) is 5.38.